The van der Waals surface area contributed by atoms with E-state index in [1.807, 2.05) is 6.26 Å². The highest BCUT2D eigenvalue weighted by molar-refractivity contribution is 7.99. The van der Waals surface area contributed by atoms with Gasteiger partial charge in [0.2, 0.25) is 5.91 Å². The van der Waals surface area contributed by atoms with Crippen LogP contribution < -0.4 is 5.32 Å². The van der Waals surface area contributed by atoms with Gasteiger partial charge in [0.25, 0.3) is 0 Å². The predicted molar refractivity (Wildman–Crippen MR) is 52.8 cm³/mol. The van der Waals surface area contributed by atoms with Crippen molar-refractivity contribution < 1.29 is 14.7 Å². The van der Waals surface area contributed by atoms with Crippen LogP contribution in [0.2, 0.25) is 0 Å². The number of rotatable bonds is 5. The molecule has 0 saturated heterocycles. The molecule has 1 amide bonds. The molecule has 0 rings (SSSR count). The van der Waals surface area contributed by atoms with Crippen molar-refractivity contribution in [3.05, 3.63) is 0 Å². The van der Waals surface area contributed by atoms with E-state index < -0.39 is 11.9 Å². The molecular weight excluding hydrogens is 190 g/mol. The van der Waals surface area contributed by atoms with Crippen LogP contribution in [0.1, 0.15) is 13.8 Å². The van der Waals surface area contributed by atoms with Crippen molar-refractivity contribution in [1.29, 1.82) is 0 Å². The van der Waals surface area contributed by atoms with Crippen molar-refractivity contribution in [1.82, 2.24) is 5.32 Å². The molecule has 0 aromatic heterocycles. The summed E-state index contributed by atoms with van der Waals surface area (Å²) in [7, 11) is 0. The van der Waals surface area contributed by atoms with Gasteiger partial charge in [-0.25, -0.2) is 0 Å². The standard InChI is InChI=1S/C8H15NO3S/c1-5(8(11)12)4-9-7(10)6(2)13-3/h5-6H,4H2,1-3H3,(H,9,10)(H,11,12). The Labute approximate surface area is 82.1 Å². The number of hydrogen-bond donors (Lipinski definition) is 2. The number of hydrogen-bond acceptors (Lipinski definition) is 3. The topological polar surface area (TPSA) is 66.4 Å². The molecule has 0 aliphatic heterocycles. The van der Waals surface area contributed by atoms with Gasteiger partial charge in [-0.1, -0.05) is 6.92 Å². The lowest BCUT2D eigenvalue weighted by molar-refractivity contribution is -0.141. The third-order valence-corrected chi connectivity index (χ3v) is 2.65. The van der Waals surface area contributed by atoms with E-state index in [0.717, 1.165) is 0 Å². The Kier molecular flexibility index (Phi) is 5.53. The Balaban J connectivity index is 3.76. The molecule has 13 heavy (non-hydrogen) atoms. The van der Waals surface area contributed by atoms with Gasteiger partial charge in [0.1, 0.15) is 0 Å². The molecule has 0 spiro atoms. The van der Waals surface area contributed by atoms with Crippen LogP contribution in [0.3, 0.4) is 0 Å². The zero-order valence-electron chi connectivity index (χ0n) is 8.03. The summed E-state index contributed by atoms with van der Waals surface area (Å²) in [6.45, 7) is 3.54. The smallest absolute Gasteiger partial charge is 0.308 e. The highest BCUT2D eigenvalue weighted by Crippen LogP contribution is 2.04. The Bertz CT molecular complexity index is 196. The van der Waals surface area contributed by atoms with Crippen LogP contribution in [0.25, 0.3) is 0 Å². The van der Waals surface area contributed by atoms with Gasteiger partial charge in [0.15, 0.2) is 0 Å². The normalized spacial score (nSPS) is 14.7. The molecule has 0 aliphatic rings. The molecular formula is C8H15NO3S. The minimum atomic E-state index is -0.892. The van der Waals surface area contributed by atoms with E-state index in [4.69, 9.17) is 5.11 Å². The van der Waals surface area contributed by atoms with Gasteiger partial charge < -0.3 is 10.4 Å². The van der Waals surface area contributed by atoms with Crippen LogP contribution in [0, 0.1) is 5.92 Å². The van der Waals surface area contributed by atoms with Gasteiger partial charge in [0.05, 0.1) is 11.2 Å². The molecule has 0 fully saturated rings. The minimum absolute atomic E-state index is 0.111. The van der Waals surface area contributed by atoms with E-state index >= 15 is 0 Å². The van der Waals surface area contributed by atoms with Crippen LogP contribution >= 0.6 is 11.8 Å². The van der Waals surface area contributed by atoms with Crippen LogP contribution in [-0.4, -0.2) is 35.0 Å². The van der Waals surface area contributed by atoms with Crippen LogP contribution in [-0.2, 0) is 9.59 Å². The number of carbonyl (C=O) groups is 2. The number of carbonyl (C=O) groups excluding carboxylic acids is 1. The maximum absolute atomic E-state index is 11.2. The maximum atomic E-state index is 11.2. The molecule has 0 heterocycles. The average Bonchev–Trinajstić information content (AvgIpc) is 2.11. The summed E-state index contributed by atoms with van der Waals surface area (Å²) in [6, 6.07) is 0. The quantitative estimate of drug-likeness (QED) is 0.689. The number of aliphatic carboxylic acids is 1. The largest absolute Gasteiger partial charge is 0.481 e. The first-order chi connectivity index (χ1) is 5.99. The van der Waals surface area contributed by atoms with Crippen molar-refractivity contribution in [2.75, 3.05) is 12.8 Å². The first-order valence-electron chi connectivity index (χ1n) is 4.02. The van der Waals surface area contributed by atoms with Crippen LogP contribution in [0.15, 0.2) is 0 Å². The van der Waals surface area contributed by atoms with Gasteiger partial charge in [-0.15, -0.1) is 0 Å². The van der Waals surface area contributed by atoms with Crippen molar-refractivity contribution in [2.24, 2.45) is 5.92 Å². The van der Waals surface area contributed by atoms with Crippen molar-refractivity contribution in [3.63, 3.8) is 0 Å². The van der Waals surface area contributed by atoms with E-state index in [0.29, 0.717) is 0 Å². The summed E-state index contributed by atoms with van der Waals surface area (Å²) >= 11 is 1.43. The molecule has 2 N–H and O–H groups in total. The highest BCUT2D eigenvalue weighted by atomic mass is 32.2. The van der Waals surface area contributed by atoms with Gasteiger partial charge in [-0.2, -0.15) is 11.8 Å². The second-order valence-electron chi connectivity index (χ2n) is 2.86. The van der Waals surface area contributed by atoms with Crippen molar-refractivity contribution >= 4 is 23.6 Å². The van der Waals surface area contributed by atoms with E-state index in [1.54, 1.807) is 13.8 Å². The number of thioether (sulfide) groups is 1. The SMILES string of the molecule is CSC(C)C(=O)NCC(C)C(=O)O. The fourth-order valence-corrected chi connectivity index (χ4v) is 0.889. The summed E-state index contributed by atoms with van der Waals surface area (Å²) in [5.74, 6) is -1.53. The van der Waals surface area contributed by atoms with E-state index in [2.05, 4.69) is 5.32 Å². The lowest BCUT2D eigenvalue weighted by atomic mass is 10.2. The molecule has 0 saturated carbocycles. The lowest BCUT2D eigenvalue weighted by Gasteiger charge is -2.11. The Hall–Kier alpha value is -0.710. The van der Waals surface area contributed by atoms with E-state index in [9.17, 15) is 9.59 Å². The summed E-state index contributed by atoms with van der Waals surface area (Å²) in [6.07, 6.45) is 1.84. The number of nitrogens with one attached hydrogen (secondary N) is 1. The Morgan fingerprint density at radius 2 is 2.00 bits per heavy atom. The fraction of sp³-hybridized carbons (Fsp3) is 0.750. The Morgan fingerprint density at radius 3 is 2.38 bits per heavy atom. The molecule has 5 heteroatoms. The molecule has 2 atom stereocenters. The van der Waals surface area contributed by atoms with Crippen molar-refractivity contribution in [3.8, 4) is 0 Å². The Morgan fingerprint density at radius 1 is 1.46 bits per heavy atom. The predicted octanol–water partition coefficient (Wildman–Crippen LogP) is 0.575. The maximum Gasteiger partial charge on any atom is 0.308 e. The fourth-order valence-electron chi connectivity index (χ4n) is 0.592. The van der Waals surface area contributed by atoms with Crippen molar-refractivity contribution in [2.45, 2.75) is 19.1 Å². The zero-order valence-corrected chi connectivity index (χ0v) is 8.85. The highest BCUT2D eigenvalue weighted by Gasteiger charge is 2.15. The van der Waals surface area contributed by atoms with Crippen LogP contribution in [0.4, 0.5) is 0 Å². The third kappa shape index (κ3) is 4.77. The van der Waals surface area contributed by atoms with E-state index in [1.165, 1.54) is 11.8 Å². The molecule has 0 bridgehead atoms. The first-order valence-corrected chi connectivity index (χ1v) is 5.31. The minimum Gasteiger partial charge on any atom is -0.481 e. The average molecular weight is 205 g/mol. The lowest BCUT2D eigenvalue weighted by Crippen LogP contribution is -2.35. The summed E-state index contributed by atoms with van der Waals surface area (Å²) in [5, 5.41) is 11.0. The van der Waals surface area contributed by atoms with Crippen LogP contribution in [0.5, 0.6) is 0 Å². The number of carboxylic acids is 1. The molecule has 4 nitrogen and oxygen atoms in total. The second-order valence-corrected chi connectivity index (χ2v) is 4.04. The van der Waals surface area contributed by atoms with Gasteiger partial charge in [0, 0.05) is 6.54 Å². The third-order valence-electron chi connectivity index (χ3n) is 1.73. The van der Waals surface area contributed by atoms with E-state index in [-0.39, 0.29) is 17.7 Å². The molecule has 2 unspecified atom stereocenters. The molecule has 0 radical (unpaired) electrons. The van der Waals surface area contributed by atoms with Gasteiger partial charge >= 0.3 is 5.97 Å². The summed E-state index contributed by atoms with van der Waals surface area (Å²) < 4.78 is 0. The number of amides is 1. The first kappa shape index (κ1) is 12.3. The molecule has 0 aromatic carbocycles. The zero-order chi connectivity index (χ0) is 10.4. The van der Waals surface area contributed by atoms with Gasteiger partial charge in [-0.3, -0.25) is 9.59 Å². The number of carboxylic acid groups (broad SMARTS) is 1. The summed E-state index contributed by atoms with van der Waals surface area (Å²) in [5.41, 5.74) is 0. The monoisotopic (exact) mass is 205 g/mol. The summed E-state index contributed by atoms with van der Waals surface area (Å²) in [4.78, 5) is 21.6. The second kappa shape index (κ2) is 5.85. The molecule has 0 aliphatic carbocycles. The molecule has 0 aromatic rings. The van der Waals surface area contributed by atoms with Gasteiger partial charge in [-0.05, 0) is 13.2 Å². The molecule has 76 valence electrons.